The summed E-state index contributed by atoms with van der Waals surface area (Å²) < 4.78 is 24.7. The summed E-state index contributed by atoms with van der Waals surface area (Å²) >= 11 is 0. The highest BCUT2D eigenvalue weighted by Crippen LogP contribution is 2.30. The molecule has 0 radical (unpaired) electrons. The van der Waals surface area contributed by atoms with Crippen molar-refractivity contribution in [1.82, 2.24) is 25.5 Å². The second-order valence-electron chi connectivity index (χ2n) is 9.50. The first-order valence-corrected chi connectivity index (χ1v) is 12.0. The fourth-order valence-corrected chi connectivity index (χ4v) is 3.83. The number of tetrazole rings is 1. The number of ether oxygens (including phenoxy) is 2. The summed E-state index contributed by atoms with van der Waals surface area (Å²) in [5.74, 6) is -0.000957. The van der Waals surface area contributed by atoms with Crippen molar-refractivity contribution >= 4 is 17.5 Å². The van der Waals surface area contributed by atoms with E-state index in [1.807, 2.05) is 27.7 Å². The van der Waals surface area contributed by atoms with Gasteiger partial charge in [0.15, 0.2) is 11.5 Å². The van der Waals surface area contributed by atoms with E-state index in [2.05, 4.69) is 20.7 Å². The highest BCUT2D eigenvalue weighted by Gasteiger charge is 2.33. The molecule has 1 atom stereocenters. The minimum Gasteiger partial charge on any atom is -0.493 e. The third-order valence-electron chi connectivity index (χ3n) is 5.40. The molecule has 2 amide bonds. The Morgan fingerprint density at radius 1 is 1.11 bits per heavy atom. The Kier molecular flexibility index (Phi) is 8.80. The number of halogens is 1. The van der Waals surface area contributed by atoms with Gasteiger partial charge in [0.2, 0.25) is 11.7 Å². The van der Waals surface area contributed by atoms with Gasteiger partial charge >= 0.3 is 0 Å². The molecule has 0 aliphatic heterocycles. The van der Waals surface area contributed by atoms with Crippen LogP contribution in [0, 0.1) is 5.82 Å². The molecule has 1 aromatic heterocycles. The maximum atomic E-state index is 14.1. The lowest BCUT2D eigenvalue weighted by molar-refractivity contribution is -0.128. The van der Waals surface area contributed by atoms with E-state index in [1.54, 1.807) is 24.3 Å². The van der Waals surface area contributed by atoms with Gasteiger partial charge in [-0.15, -0.1) is 10.2 Å². The molecular formula is C26H33FN6O4. The fraction of sp³-hybridized carbons (Fsp3) is 0.423. The molecule has 0 fully saturated rings. The summed E-state index contributed by atoms with van der Waals surface area (Å²) in [7, 11) is 3.06. The zero-order valence-electron chi connectivity index (χ0n) is 22.0. The average Bonchev–Trinajstić information content (AvgIpc) is 3.30. The minimum absolute atomic E-state index is 0.271. The van der Waals surface area contributed by atoms with E-state index in [0.717, 1.165) is 4.80 Å². The normalized spacial score (nSPS) is 12.1. The van der Waals surface area contributed by atoms with Crippen molar-refractivity contribution in [2.24, 2.45) is 0 Å². The van der Waals surface area contributed by atoms with Crippen LogP contribution in [-0.4, -0.2) is 57.8 Å². The molecule has 0 unspecified atom stereocenters. The third-order valence-corrected chi connectivity index (χ3v) is 5.40. The Balaban J connectivity index is 1.92. The summed E-state index contributed by atoms with van der Waals surface area (Å²) in [6.45, 7) is 7.19. The third kappa shape index (κ3) is 7.02. The van der Waals surface area contributed by atoms with Gasteiger partial charge in [-0.05, 0) is 68.8 Å². The minimum atomic E-state index is -0.854. The second-order valence-corrected chi connectivity index (χ2v) is 9.50. The van der Waals surface area contributed by atoms with Crippen LogP contribution < -0.4 is 19.7 Å². The van der Waals surface area contributed by atoms with Crippen LogP contribution in [0.15, 0.2) is 42.5 Å². The van der Waals surface area contributed by atoms with Crippen molar-refractivity contribution in [3.8, 4) is 22.9 Å². The van der Waals surface area contributed by atoms with Gasteiger partial charge in [-0.3, -0.25) is 14.5 Å². The smallest absolute Gasteiger partial charge is 0.251 e. The van der Waals surface area contributed by atoms with Crippen LogP contribution in [0.25, 0.3) is 11.4 Å². The van der Waals surface area contributed by atoms with E-state index in [4.69, 9.17) is 9.47 Å². The Morgan fingerprint density at radius 3 is 2.46 bits per heavy atom. The Morgan fingerprint density at radius 2 is 1.84 bits per heavy atom. The lowest BCUT2D eigenvalue weighted by Gasteiger charge is -2.33. The first-order chi connectivity index (χ1) is 17.6. The molecule has 10 nitrogen and oxygen atoms in total. The van der Waals surface area contributed by atoms with Gasteiger partial charge in [0.25, 0.3) is 5.91 Å². The zero-order chi connectivity index (χ0) is 27.2. The van der Waals surface area contributed by atoms with E-state index >= 15 is 0 Å². The quantitative estimate of drug-likeness (QED) is 0.442. The summed E-state index contributed by atoms with van der Waals surface area (Å²) in [5, 5.41) is 15.3. The topological polar surface area (TPSA) is 111 Å². The van der Waals surface area contributed by atoms with Gasteiger partial charge < -0.3 is 14.8 Å². The van der Waals surface area contributed by atoms with Crippen LogP contribution in [0.4, 0.5) is 10.1 Å². The first-order valence-electron chi connectivity index (χ1n) is 12.0. The molecular weight excluding hydrogens is 479 g/mol. The molecule has 1 N–H and O–H groups in total. The molecule has 0 aliphatic carbocycles. The van der Waals surface area contributed by atoms with Crippen LogP contribution in [0.1, 0.15) is 40.5 Å². The number of methoxy groups -OCH3 is 2. The van der Waals surface area contributed by atoms with E-state index in [1.165, 1.54) is 37.3 Å². The van der Waals surface area contributed by atoms with E-state index in [0.29, 0.717) is 29.9 Å². The van der Waals surface area contributed by atoms with Gasteiger partial charge in [0, 0.05) is 16.8 Å². The maximum Gasteiger partial charge on any atom is 0.251 e. The highest BCUT2D eigenvalue weighted by atomic mass is 19.1. The van der Waals surface area contributed by atoms with Crippen LogP contribution in [0.3, 0.4) is 0 Å². The van der Waals surface area contributed by atoms with Crippen molar-refractivity contribution < 1.29 is 23.5 Å². The number of aromatic nitrogens is 4. The van der Waals surface area contributed by atoms with Crippen molar-refractivity contribution in [1.29, 1.82) is 0 Å². The maximum absolute atomic E-state index is 14.1. The molecule has 1 heterocycles. The number of rotatable bonds is 10. The SMILES string of the molecule is CCC[C@@H](C(=O)NC(C)(C)C)N(C(=O)Cn1nnc(-c2ccc(OC)c(OC)c2)n1)c1cccc(F)c1. The number of carbonyl (C=O) groups excluding carboxylic acids is 2. The molecule has 3 rings (SSSR count). The monoisotopic (exact) mass is 512 g/mol. The molecule has 198 valence electrons. The lowest BCUT2D eigenvalue weighted by atomic mass is 10.0. The second kappa shape index (κ2) is 11.8. The number of benzene rings is 2. The first kappa shape index (κ1) is 27.6. The van der Waals surface area contributed by atoms with Gasteiger partial charge in [-0.25, -0.2) is 4.39 Å². The largest absolute Gasteiger partial charge is 0.493 e. The predicted molar refractivity (Wildman–Crippen MR) is 137 cm³/mol. The number of amides is 2. The Bertz CT molecular complexity index is 1240. The van der Waals surface area contributed by atoms with Crippen LogP contribution in [0.5, 0.6) is 11.5 Å². The number of nitrogens with one attached hydrogen (secondary N) is 1. The number of anilines is 1. The molecule has 0 aliphatic rings. The molecule has 0 saturated heterocycles. The summed E-state index contributed by atoms with van der Waals surface area (Å²) in [6, 6.07) is 9.92. The van der Waals surface area contributed by atoms with Gasteiger partial charge in [0.05, 0.1) is 14.2 Å². The highest BCUT2D eigenvalue weighted by molar-refractivity contribution is 6.00. The van der Waals surface area contributed by atoms with Gasteiger partial charge in [0.1, 0.15) is 18.4 Å². The number of nitrogens with zero attached hydrogens (tertiary/aromatic N) is 5. The molecule has 11 heteroatoms. The van der Waals surface area contributed by atoms with E-state index < -0.39 is 23.3 Å². The van der Waals surface area contributed by atoms with Crippen molar-refractivity contribution in [2.45, 2.75) is 58.7 Å². The lowest BCUT2D eigenvalue weighted by Crippen LogP contribution is -2.54. The van der Waals surface area contributed by atoms with Crippen LogP contribution in [-0.2, 0) is 16.1 Å². The number of carbonyl (C=O) groups is 2. The van der Waals surface area contributed by atoms with Crippen molar-refractivity contribution in [2.75, 3.05) is 19.1 Å². The van der Waals surface area contributed by atoms with Crippen LogP contribution >= 0.6 is 0 Å². The van der Waals surface area contributed by atoms with E-state index in [9.17, 15) is 14.0 Å². The molecule has 3 aromatic rings. The number of hydrogen-bond donors (Lipinski definition) is 1. The van der Waals surface area contributed by atoms with E-state index in [-0.39, 0.29) is 24.0 Å². The van der Waals surface area contributed by atoms with Gasteiger partial charge in [-0.2, -0.15) is 4.80 Å². The summed E-state index contributed by atoms with van der Waals surface area (Å²) in [6.07, 6.45) is 1.01. The Hall–Kier alpha value is -4.02. The van der Waals surface area contributed by atoms with Crippen molar-refractivity contribution in [3.63, 3.8) is 0 Å². The number of hydrogen-bond acceptors (Lipinski definition) is 7. The van der Waals surface area contributed by atoms with Crippen LogP contribution in [0.2, 0.25) is 0 Å². The summed E-state index contributed by atoms with van der Waals surface area (Å²) in [4.78, 5) is 29.3. The molecule has 37 heavy (non-hydrogen) atoms. The molecule has 0 saturated carbocycles. The molecule has 0 spiro atoms. The molecule has 0 bridgehead atoms. The standard InChI is InChI=1S/C26H33FN6O4/c1-7-9-20(25(35)28-26(2,3)4)33(19-11-8-10-18(27)15-19)23(34)16-32-30-24(29-31-32)17-12-13-21(36-5)22(14-17)37-6/h8,10-15,20H,7,9,16H2,1-6H3,(H,28,35)/t20-/m0/s1. The predicted octanol–water partition coefficient (Wildman–Crippen LogP) is 3.61. The van der Waals surface area contributed by atoms with Gasteiger partial charge in [-0.1, -0.05) is 19.4 Å². The summed E-state index contributed by atoms with van der Waals surface area (Å²) in [5.41, 5.74) is 0.376. The van der Waals surface area contributed by atoms with Crippen molar-refractivity contribution in [3.05, 3.63) is 48.3 Å². The fourth-order valence-electron chi connectivity index (χ4n) is 3.83. The zero-order valence-corrected chi connectivity index (χ0v) is 22.0. The Labute approximate surface area is 215 Å². The average molecular weight is 513 g/mol. The molecule has 2 aromatic carbocycles.